The van der Waals surface area contributed by atoms with Crippen molar-refractivity contribution >= 4 is 40.6 Å². The van der Waals surface area contributed by atoms with Crippen molar-refractivity contribution in [3.8, 4) is 5.69 Å². The van der Waals surface area contributed by atoms with Gasteiger partial charge in [0, 0.05) is 22.6 Å². The zero-order valence-corrected chi connectivity index (χ0v) is 16.4. The number of carbonyl (C=O) groups excluding carboxylic acids is 1. The summed E-state index contributed by atoms with van der Waals surface area (Å²) in [6, 6.07) is 8.23. The Kier molecular flexibility index (Phi) is 5.61. The highest BCUT2D eigenvalue weighted by molar-refractivity contribution is 8.03. The summed E-state index contributed by atoms with van der Waals surface area (Å²) in [5, 5.41) is 8.10. The molecule has 0 aliphatic heterocycles. The maximum Gasteiger partial charge on any atom is 0.175 e. The van der Waals surface area contributed by atoms with E-state index in [1.807, 2.05) is 36.8 Å². The molecule has 0 radical (unpaired) electrons. The largest absolute Gasteiger partial charge is 0.318 e. The molecule has 2 aromatic heterocycles. The highest BCUT2D eigenvalue weighted by Gasteiger charge is 2.18. The number of rotatable bonds is 6. The minimum atomic E-state index is -0.297. The molecule has 4 nitrogen and oxygen atoms in total. The first kappa shape index (κ1) is 18.2. The number of hydrogen-bond donors (Lipinski definition) is 0. The number of carbonyl (C=O) groups is 1. The number of aromatic nitrogens is 3. The first-order chi connectivity index (χ1) is 12.0. The molecule has 0 bridgehead atoms. The normalized spacial score (nSPS) is 11.0. The van der Waals surface area contributed by atoms with E-state index < -0.39 is 0 Å². The molecule has 130 valence electrons. The van der Waals surface area contributed by atoms with Crippen LogP contribution in [0.25, 0.3) is 5.69 Å². The van der Waals surface area contributed by atoms with Crippen LogP contribution in [0.1, 0.15) is 21.7 Å². The van der Waals surface area contributed by atoms with Gasteiger partial charge in [-0.1, -0.05) is 40.9 Å². The SMILES string of the molecule is CSc1nnc(SCC(=O)c2cc(C)n(-c3cccc(F)c3)c2C)s1. The summed E-state index contributed by atoms with van der Waals surface area (Å²) < 4.78 is 17.1. The van der Waals surface area contributed by atoms with Gasteiger partial charge in [0.15, 0.2) is 14.5 Å². The molecule has 0 amide bonds. The van der Waals surface area contributed by atoms with Crippen LogP contribution in [-0.2, 0) is 0 Å². The molecule has 8 heteroatoms. The first-order valence-electron chi connectivity index (χ1n) is 7.48. The summed E-state index contributed by atoms with van der Waals surface area (Å²) in [7, 11) is 0. The number of Topliss-reactive ketones (excluding diaryl/α,β-unsaturated/α-hetero) is 1. The van der Waals surface area contributed by atoms with E-state index in [1.54, 1.807) is 6.07 Å². The fraction of sp³-hybridized carbons (Fsp3) is 0.235. The average Bonchev–Trinajstić information content (AvgIpc) is 3.17. The Hall–Kier alpha value is -1.64. The third kappa shape index (κ3) is 3.96. The molecule has 0 spiro atoms. The van der Waals surface area contributed by atoms with Gasteiger partial charge in [0.2, 0.25) is 0 Å². The van der Waals surface area contributed by atoms with Crippen molar-refractivity contribution < 1.29 is 9.18 Å². The third-order valence-electron chi connectivity index (χ3n) is 3.69. The lowest BCUT2D eigenvalue weighted by Crippen LogP contribution is -2.05. The quantitative estimate of drug-likeness (QED) is 0.445. The fourth-order valence-corrected chi connectivity index (χ4v) is 4.92. The molecule has 0 unspecified atom stereocenters. The van der Waals surface area contributed by atoms with Crippen molar-refractivity contribution in [1.82, 2.24) is 14.8 Å². The molecule has 1 aromatic carbocycles. The van der Waals surface area contributed by atoms with Crippen LogP contribution in [0.4, 0.5) is 4.39 Å². The Morgan fingerprint density at radius 3 is 2.68 bits per heavy atom. The molecule has 0 N–H and O–H groups in total. The smallest absolute Gasteiger partial charge is 0.175 e. The summed E-state index contributed by atoms with van der Waals surface area (Å²) in [6.45, 7) is 3.80. The van der Waals surface area contributed by atoms with Gasteiger partial charge in [-0.3, -0.25) is 4.79 Å². The standard InChI is InChI=1S/C17H16FN3OS3/c1-10-7-14(11(2)21(10)13-6-4-5-12(18)8-13)15(22)9-24-17-20-19-16(23-3)25-17/h4-8H,9H2,1-3H3. The molecule has 2 heterocycles. The van der Waals surface area contributed by atoms with Gasteiger partial charge < -0.3 is 4.57 Å². The fourth-order valence-electron chi connectivity index (χ4n) is 2.60. The van der Waals surface area contributed by atoms with Gasteiger partial charge in [-0.25, -0.2) is 4.39 Å². The number of ketones is 1. The van der Waals surface area contributed by atoms with Gasteiger partial charge >= 0.3 is 0 Å². The second kappa shape index (κ2) is 7.72. The van der Waals surface area contributed by atoms with Crippen LogP contribution in [-0.4, -0.2) is 32.6 Å². The van der Waals surface area contributed by atoms with Crippen molar-refractivity contribution in [2.75, 3.05) is 12.0 Å². The minimum absolute atomic E-state index is 0.0293. The Labute approximate surface area is 157 Å². The highest BCUT2D eigenvalue weighted by atomic mass is 32.2. The van der Waals surface area contributed by atoms with Crippen LogP contribution < -0.4 is 0 Å². The Morgan fingerprint density at radius 2 is 2.00 bits per heavy atom. The monoisotopic (exact) mass is 393 g/mol. The van der Waals surface area contributed by atoms with Gasteiger partial charge in [0.1, 0.15) is 5.82 Å². The molecule has 25 heavy (non-hydrogen) atoms. The maximum atomic E-state index is 13.5. The van der Waals surface area contributed by atoms with Gasteiger partial charge in [0.05, 0.1) is 5.75 Å². The molecule has 3 rings (SSSR count). The van der Waals surface area contributed by atoms with E-state index >= 15 is 0 Å². The van der Waals surface area contributed by atoms with E-state index in [1.165, 1.54) is 47.0 Å². The van der Waals surface area contributed by atoms with Crippen LogP contribution in [0.15, 0.2) is 39.0 Å². The molecule has 3 aromatic rings. The van der Waals surface area contributed by atoms with Crippen molar-refractivity contribution in [3.05, 3.63) is 53.1 Å². The Bertz CT molecular complexity index is 920. The Morgan fingerprint density at radius 1 is 1.24 bits per heavy atom. The minimum Gasteiger partial charge on any atom is -0.318 e. The van der Waals surface area contributed by atoms with Gasteiger partial charge in [-0.2, -0.15) is 0 Å². The van der Waals surface area contributed by atoms with Crippen molar-refractivity contribution in [3.63, 3.8) is 0 Å². The summed E-state index contributed by atoms with van der Waals surface area (Å²) in [5.74, 6) is 0.0344. The average molecular weight is 394 g/mol. The third-order valence-corrected chi connectivity index (χ3v) is 6.72. The summed E-state index contributed by atoms with van der Waals surface area (Å²) in [5.41, 5.74) is 3.09. The number of thioether (sulfide) groups is 2. The molecule has 0 saturated carbocycles. The number of halogens is 1. The number of benzene rings is 1. The van der Waals surface area contributed by atoms with E-state index in [0.29, 0.717) is 11.3 Å². The zero-order valence-electron chi connectivity index (χ0n) is 13.9. The molecule has 0 atom stereocenters. The highest BCUT2D eigenvalue weighted by Crippen LogP contribution is 2.29. The summed E-state index contributed by atoms with van der Waals surface area (Å²) in [4.78, 5) is 12.6. The maximum absolute atomic E-state index is 13.5. The predicted molar refractivity (Wildman–Crippen MR) is 102 cm³/mol. The number of nitrogens with zero attached hydrogens (tertiary/aromatic N) is 3. The topological polar surface area (TPSA) is 47.8 Å². The van der Waals surface area contributed by atoms with Crippen LogP contribution in [0, 0.1) is 19.7 Å². The summed E-state index contributed by atoms with van der Waals surface area (Å²) in [6.07, 6.45) is 1.95. The van der Waals surface area contributed by atoms with Gasteiger partial charge in [0.25, 0.3) is 0 Å². The van der Waals surface area contributed by atoms with E-state index in [2.05, 4.69) is 10.2 Å². The molecular formula is C17H16FN3OS3. The van der Waals surface area contributed by atoms with Crippen molar-refractivity contribution in [1.29, 1.82) is 0 Å². The molecule has 0 saturated heterocycles. The van der Waals surface area contributed by atoms with Crippen LogP contribution in [0.5, 0.6) is 0 Å². The molecule has 0 aliphatic carbocycles. The van der Waals surface area contributed by atoms with E-state index in [4.69, 9.17) is 0 Å². The second-order valence-corrected chi connectivity index (χ2v) is 8.60. The number of aryl methyl sites for hydroxylation is 1. The Balaban J connectivity index is 1.80. The number of hydrogen-bond acceptors (Lipinski definition) is 6. The zero-order chi connectivity index (χ0) is 18.0. The molecule has 0 fully saturated rings. The lowest BCUT2D eigenvalue weighted by molar-refractivity contribution is 0.102. The van der Waals surface area contributed by atoms with E-state index in [-0.39, 0.29) is 11.6 Å². The molecule has 0 aliphatic rings. The predicted octanol–water partition coefficient (Wildman–Crippen LogP) is 4.78. The van der Waals surface area contributed by atoms with Gasteiger partial charge in [-0.15, -0.1) is 10.2 Å². The lowest BCUT2D eigenvalue weighted by Gasteiger charge is -2.09. The van der Waals surface area contributed by atoms with Crippen molar-refractivity contribution in [2.24, 2.45) is 0 Å². The lowest BCUT2D eigenvalue weighted by atomic mass is 10.2. The van der Waals surface area contributed by atoms with E-state index in [9.17, 15) is 9.18 Å². The van der Waals surface area contributed by atoms with Crippen molar-refractivity contribution in [2.45, 2.75) is 22.5 Å². The molecular weight excluding hydrogens is 377 g/mol. The first-order valence-corrected chi connectivity index (χ1v) is 10.5. The van der Waals surface area contributed by atoms with Crippen LogP contribution in [0.2, 0.25) is 0 Å². The summed E-state index contributed by atoms with van der Waals surface area (Å²) >= 11 is 4.42. The van der Waals surface area contributed by atoms with Gasteiger partial charge in [-0.05, 0) is 44.4 Å². The van der Waals surface area contributed by atoms with Crippen LogP contribution >= 0.6 is 34.9 Å². The van der Waals surface area contributed by atoms with Crippen LogP contribution in [0.3, 0.4) is 0 Å². The van der Waals surface area contributed by atoms with E-state index in [0.717, 1.165) is 25.8 Å². The second-order valence-electron chi connectivity index (χ2n) is 5.35.